The summed E-state index contributed by atoms with van der Waals surface area (Å²) in [6.45, 7) is 13.1. The maximum absolute atomic E-state index is 12.9. The van der Waals surface area contributed by atoms with E-state index in [1.807, 2.05) is 34.6 Å². The highest BCUT2D eigenvalue weighted by Gasteiger charge is 2.20. The van der Waals surface area contributed by atoms with Gasteiger partial charge in [-0.05, 0) is 50.6 Å². The molecule has 1 aromatic heterocycles. The number of nitrogens with one attached hydrogen (secondary N) is 2. The van der Waals surface area contributed by atoms with Gasteiger partial charge in [0.15, 0.2) is 0 Å². The van der Waals surface area contributed by atoms with Crippen molar-refractivity contribution in [3.8, 4) is 17.1 Å². The van der Waals surface area contributed by atoms with Gasteiger partial charge in [0.05, 0.1) is 22.8 Å². The lowest BCUT2D eigenvalue weighted by molar-refractivity contribution is 0.309. The number of benzene rings is 1. The zero-order valence-electron chi connectivity index (χ0n) is 19.8. The zero-order chi connectivity index (χ0) is 23.7. The lowest BCUT2D eigenvalue weighted by Crippen LogP contribution is -2.34. The van der Waals surface area contributed by atoms with E-state index < -0.39 is 10.0 Å². The molecule has 2 rings (SSSR count). The fraction of sp³-hybridized carbons (Fsp3) is 0.565. The van der Waals surface area contributed by atoms with E-state index in [1.165, 1.54) is 12.1 Å². The van der Waals surface area contributed by atoms with Crippen LogP contribution >= 0.6 is 0 Å². The molecular weight excluding hydrogens is 428 g/mol. The molecule has 0 fully saturated rings. The van der Waals surface area contributed by atoms with Gasteiger partial charge in [-0.2, -0.15) is 0 Å². The molecule has 0 aliphatic carbocycles. The average molecular weight is 465 g/mol. The fourth-order valence-electron chi connectivity index (χ4n) is 3.49. The molecule has 0 amide bonds. The monoisotopic (exact) mass is 464 g/mol. The Labute approximate surface area is 191 Å². The molecule has 0 spiro atoms. The summed E-state index contributed by atoms with van der Waals surface area (Å²) in [6.07, 6.45) is 1.98. The molecule has 0 atom stereocenters. The Hall–Kier alpha value is -2.23. The van der Waals surface area contributed by atoms with Crippen molar-refractivity contribution in [2.24, 2.45) is 0 Å². The standard InChI is InChI=1S/C23H36N4O4S/c1-6-15-31-21-12-11-17(32(29,30)24-13-14-27(9-4)10-5)16-19(21)22-25-20(8-3)18(7-2)23(28)26-22/h11-12,16,24H,6-10,13-15H2,1-5H3,(H,25,26,28). The summed E-state index contributed by atoms with van der Waals surface area (Å²) in [5.41, 5.74) is 1.60. The lowest BCUT2D eigenvalue weighted by Gasteiger charge is -2.18. The van der Waals surface area contributed by atoms with Gasteiger partial charge in [0.25, 0.3) is 5.56 Å². The first-order valence-corrected chi connectivity index (χ1v) is 12.9. The number of hydrogen-bond acceptors (Lipinski definition) is 6. The zero-order valence-corrected chi connectivity index (χ0v) is 20.6. The molecule has 8 nitrogen and oxygen atoms in total. The van der Waals surface area contributed by atoms with Crippen LogP contribution in [0.25, 0.3) is 11.4 Å². The van der Waals surface area contributed by atoms with E-state index in [0.717, 1.165) is 19.5 Å². The van der Waals surface area contributed by atoms with Crippen LogP contribution in [-0.4, -0.2) is 56.1 Å². The molecule has 2 aromatic rings. The van der Waals surface area contributed by atoms with Crippen LogP contribution in [0.4, 0.5) is 0 Å². The Morgan fingerprint density at radius 3 is 2.41 bits per heavy atom. The third-order valence-corrected chi connectivity index (χ3v) is 6.84. The highest BCUT2D eigenvalue weighted by molar-refractivity contribution is 7.89. The topological polar surface area (TPSA) is 104 Å². The van der Waals surface area contributed by atoms with E-state index >= 15 is 0 Å². The molecule has 0 saturated heterocycles. The van der Waals surface area contributed by atoms with Gasteiger partial charge in [-0.3, -0.25) is 4.79 Å². The number of aromatic amines is 1. The van der Waals surface area contributed by atoms with Gasteiger partial charge in [-0.1, -0.05) is 34.6 Å². The van der Waals surface area contributed by atoms with E-state index in [1.54, 1.807) is 6.07 Å². The Morgan fingerprint density at radius 1 is 1.09 bits per heavy atom. The Kier molecular flexibility index (Phi) is 9.86. The largest absolute Gasteiger partial charge is 0.493 e. The maximum Gasteiger partial charge on any atom is 0.254 e. The van der Waals surface area contributed by atoms with Crippen LogP contribution in [0.3, 0.4) is 0 Å². The second-order valence-electron chi connectivity index (χ2n) is 7.48. The molecule has 9 heteroatoms. The van der Waals surface area contributed by atoms with Gasteiger partial charge < -0.3 is 14.6 Å². The first kappa shape index (κ1) is 26.0. The lowest BCUT2D eigenvalue weighted by atomic mass is 10.1. The number of aromatic nitrogens is 2. The van der Waals surface area contributed by atoms with Gasteiger partial charge in [0.1, 0.15) is 11.6 Å². The Morgan fingerprint density at radius 2 is 1.81 bits per heavy atom. The van der Waals surface area contributed by atoms with Gasteiger partial charge in [-0.25, -0.2) is 18.1 Å². The Balaban J connectivity index is 2.47. The SMILES string of the molecule is CCCOc1ccc(S(=O)(=O)NCCN(CC)CC)cc1-c1nc(CC)c(CC)c(=O)[nH]1. The summed E-state index contributed by atoms with van der Waals surface area (Å²) in [5.74, 6) is 0.804. The molecule has 0 unspecified atom stereocenters. The number of sulfonamides is 1. The summed E-state index contributed by atoms with van der Waals surface area (Å²) in [6, 6.07) is 4.67. The number of H-pyrrole nitrogens is 1. The van der Waals surface area contributed by atoms with E-state index in [9.17, 15) is 13.2 Å². The van der Waals surface area contributed by atoms with Crippen molar-refractivity contribution in [2.45, 2.75) is 58.8 Å². The number of nitrogens with zero attached hydrogens (tertiary/aromatic N) is 2. The highest BCUT2D eigenvalue weighted by atomic mass is 32.2. The smallest absolute Gasteiger partial charge is 0.254 e. The number of ether oxygens (including phenoxy) is 1. The first-order valence-electron chi connectivity index (χ1n) is 11.4. The van der Waals surface area contributed by atoms with Crippen molar-refractivity contribution in [1.82, 2.24) is 19.6 Å². The summed E-state index contributed by atoms with van der Waals surface area (Å²) >= 11 is 0. The maximum atomic E-state index is 12.9. The van der Waals surface area contributed by atoms with Crippen molar-refractivity contribution in [1.29, 1.82) is 0 Å². The molecule has 0 aliphatic rings. The molecule has 1 heterocycles. The minimum Gasteiger partial charge on any atom is -0.493 e. The van der Waals surface area contributed by atoms with Crippen molar-refractivity contribution in [3.63, 3.8) is 0 Å². The van der Waals surface area contributed by atoms with Crippen molar-refractivity contribution in [3.05, 3.63) is 39.8 Å². The molecule has 0 radical (unpaired) electrons. The molecule has 1 aromatic carbocycles. The van der Waals surface area contributed by atoms with Crippen LogP contribution in [0.15, 0.2) is 27.9 Å². The minimum atomic E-state index is -3.73. The van der Waals surface area contributed by atoms with Gasteiger partial charge in [0, 0.05) is 18.7 Å². The summed E-state index contributed by atoms with van der Waals surface area (Å²) in [5, 5.41) is 0. The second-order valence-corrected chi connectivity index (χ2v) is 9.24. The summed E-state index contributed by atoms with van der Waals surface area (Å²) in [4.78, 5) is 22.3. The quantitative estimate of drug-likeness (QED) is 0.472. The number of likely N-dealkylation sites (N-methyl/N-ethyl adjacent to an activating group) is 1. The van der Waals surface area contributed by atoms with E-state index in [4.69, 9.17) is 4.74 Å². The highest BCUT2D eigenvalue weighted by Crippen LogP contribution is 2.30. The van der Waals surface area contributed by atoms with Crippen molar-refractivity contribution < 1.29 is 13.2 Å². The summed E-state index contributed by atoms with van der Waals surface area (Å²) in [7, 11) is -3.73. The number of rotatable bonds is 13. The van der Waals surface area contributed by atoms with E-state index in [0.29, 0.717) is 60.9 Å². The van der Waals surface area contributed by atoms with E-state index in [2.05, 4.69) is 19.6 Å². The van der Waals surface area contributed by atoms with Gasteiger partial charge >= 0.3 is 0 Å². The number of hydrogen-bond donors (Lipinski definition) is 2. The third kappa shape index (κ3) is 6.40. The van der Waals surface area contributed by atoms with Crippen LogP contribution in [-0.2, 0) is 22.9 Å². The molecule has 0 bridgehead atoms. The normalized spacial score (nSPS) is 11.8. The Bertz CT molecular complexity index is 1050. The van der Waals surface area contributed by atoms with Crippen LogP contribution in [0.1, 0.15) is 52.3 Å². The summed E-state index contributed by atoms with van der Waals surface area (Å²) < 4.78 is 34.4. The second kappa shape index (κ2) is 12.1. The molecule has 2 N–H and O–H groups in total. The fourth-order valence-corrected chi connectivity index (χ4v) is 4.54. The van der Waals surface area contributed by atoms with Gasteiger partial charge in [0.2, 0.25) is 10.0 Å². The first-order chi connectivity index (χ1) is 15.3. The predicted octanol–water partition coefficient (Wildman–Crippen LogP) is 2.97. The van der Waals surface area contributed by atoms with Crippen LogP contribution in [0.5, 0.6) is 5.75 Å². The van der Waals surface area contributed by atoms with Gasteiger partial charge in [-0.15, -0.1) is 0 Å². The van der Waals surface area contributed by atoms with Crippen LogP contribution in [0.2, 0.25) is 0 Å². The average Bonchev–Trinajstić information content (AvgIpc) is 2.79. The van der Waals surface area contributed by atoms with Crippen LogP contribution < -0.4 is 15.0 Å². The minimum absolute atomic E-state index is 0.108. The number of aryl methyl sites for hydroxylation is 1. The molecule has 32 heavy (non-hydrogen) atoms. The van der Waals surface area contributed by atoms with Crippen molar-refractivity contribution >= 4 is 10.0 Å². The molecule has 0 saturated carbocycles. The van der Waals surface area contributed by atoms with Crippen molar-refractivity contribution in [2.75, 3.05) is 32.8 Å². The molecule has 0 aliphatic heterocycles. The third-order valence-electron chi connectivity index (χ3n) is 5.38. The van der Waals surface area contributed by atoms with Crippen LogP contribution in [0, 0.1) is 0 Å². The predicted molar refractivity (Wildman–Crippen MR) is 128 cm³/mol. The molecule has 178 valence electrons. The molecular formula is C23H36N4O4S. The van der Waals surface area contributed by atoms with E-state index in [-0.39, 0.29) is 10.5 Å².